The molecule has 2 aliphatic rings. The minimum atomic E-state index is -0.352. The van der Waals surface area contributed by atoms with Gasteiger partial charge in [-0.2, -0.15) is 4.98 Å². The van der Waals surface area contributed by atoms with E-state index < -0.39 is 0 Å². The van der Waals surface area contributed by atoms with Gasteiger partial charge in [0.15, 0.2) is 5.82 Å². The molecule has 1 fully saturated rings. The fourth-order valence-corrected chi connectivity index (χ4v) is 3.45. The van der Waals surface area contributed by atoms with Crippen molar-refractivity contribution >= 4 is 29.2 Å². The quantitative estimate of drug-likeness (QED) is 0.886. The van der Waals surface area contributed by atoms with Crippen molar-refractivity contribution in [2.24, 2.45) is 0 Å². The highest BCUT2D eigenvalue weighted by Gasteiger charge is 2.40. The van der Waals surface area contributed by atoms with Crippen LogP contribution in [-0.4, -0.2) is 40.6 Å². The van der Waals surface area contributed by atoms with Crippen LogP contribution >= 0.6 is 0 Å². The topological polar surface area (TPSA) is 64.6 Å². The Labute approximate surface area is 157 Å². The van der Waals surface area contributed by atoms with E-state index in [-0.39, 0.29) is 17.9 Å². The first-order valence-corrected chi connectivity index (χ1v) is 9.24. The van der Waals surface area contributed by atoms with Crippen molar-refractivity contribution in [2.75, 3.05) is 28.8 Å². The highest BCUT2D eigenvalue weighted by Crippen LogP contribution is 2.39. The van der Waals surface area contributed by atoms with E-state index in [0.29, 0.717) is 29.7 Å². The summed E-state index contributed by atoms with van der Waals surface area (Å²) in [6.45, 7) is 4.34. The van der Waals surface area contributed by atoms with E-state index in [2.05, 4.69) is 15.3 Å². The number of hydrogen-bond donors (Lipinski definition) is 1. The molecular formula is C19H23FN6O. The van der Waals surface area contributed by atoms with E-state index in [4.69, 9.17) is 0 Å². The van der Waals surface area contributed by atoms with Gasteiger partial charge >= 0.3 is 6.03 Å². The number of anilines is 4. The van der Waals surface area contributed by atoms with E-state index in [9.17, 15) is 9.18 Å². The number of hydrazine groups is 1. The Balaban J connectivity index is 1.73. The molecule has 0 atom stereocenters. The number of amides is 2. The monoisotopic (exact) mass is 370 g/mol. The molecule has 0 unspecified atom stereocenters. The molecule has 0 radical (unpaired) electrons. The minimum absolute atomic E-state index is 0.0919. The van der Waals surface area contributed by atoms with Gasteiger partial charge in [-0.1, -0.05) is 6.07 Å². The van der Waals surface area contributed by atoms with Gasteiger partial charge in [-0.25, -0.2) is 19.2 Å². The van der Waals surface area contributed by atoms with E-state index in [1.807, 2.05) is 24.9 Å². The SMILES string of the molecule is CCN1C(=O)N(C)c2cnc(Nc3ccc(C)cc3F)nc2N1C1CCC1. The lowest BCUT2D eigenvalue weighted by molar-refractivity contribution is 0.177. The number of aromatic nitrogens is 2. The average molecular weight is 370 g/mol. The number of carbonyl (C=O) groups is 1. The fourth-order valence-electron chi connectivity index (χ4n) is 3.45. The van der Waals surface area contributed by atoms with E-state index >= 15 is 0 Å². The molecule has 2 aromatic rings. The third-order valence-electron chi connectivity index (χ3n) is 5.19. The number of rotatable bonds is 4. The molecule has 1 saturated carbocycles. The van der Waals surface area contributed by atoms with Gasteiger partial charge in [0.2, 0.25) is 5.95 Å². The number of aryl methyl sites for hydroxylation is 1. The van der Waals surface area contributed by atoms with Crippen LogP contribution in [0.4, 0.5) is 32.3 Å². The number of carbonyl (C=O) groups excluding carboxylic acids is 1. The van der Waals surface area contributed by atoms with Crippen LogP contribution < -0.4 is 15.2 Å². The molecular weight excluding hydrogens is 347 g/mol. The van der Waals surface area contributed by atoms with Crippen molar-refractivity contribution < 1.29 is 9.18 Å². The molecule has 2 amide bonds. The van der Waals surface area contributed by atoms with Crippen molar-refractivity contribution in [3.8, 4) is 0 Å². The van der Waals surface area contributed by atoms with Crippen LogP contribution in [0.1, 0.15) is 31.7 Å². The molecule has 1 N–H and O–H groups in total. The molecule has 1 aromatic heterocycles. The summed E-state index contributed by atoms with van der Waals surface area (Å²) in [5, 5.41) is 6.66. The number of fused-ring (bicyclic) bond motifs is 1. The van der Waals surface area contributed by atoms with Crippen LogP contribution in [0.25, 0.3) is 0 Å². The molecule has 1 aliphatic carbocycles. The van der Waals surface area contributed by atoms with Crippen molar-refractivity contribution in [3.63, 3.8) is 0 Å². The molecule has 142 valence electrons. The van der Waals surface area contributed by atoms with Crippen molar-refractivity contribution in [1.82, 2.24) is 15.0 Å². The summed E-state index contributed by atoms with van der Waals surface area (Å²) >= 11 is 0. The molecule has 8 heteroatoms. The summed E-state index contributed by atoms with van der Waals surface area (Å²) in [5.74, 6) is 0.628. The molecule has 0 bridgehead atoms. The molecule has 1 aromatic carbocycles. The number of nitrogens with one attached hydrogen (secondary N) is 1. The Morgan fingerprint density at radius 1 is 1.33 bits per heavy atom. The normalized spacial score (nSPS) is 17.0. The zero-order valence-corrected chi connectivity index (χ0v) is 15.7. The van der Waals surface area contributed by atoms with Crippen LogP contribution in [0, 0.1) is 12.7 Å². The summed E-state index contributed by atoms with van der Waals surface area (Å²) in [5.41, 5.74) is 1.83. The lowest BCUT2D eigenvalue weighted by atomic mass is 9.92. The molecule has 2 heterocycles. The maximum absolute atomic E-state index is 14.2. The second-order valence-corrected chi connectivity index (χ2v) is 7.00. The van der Waals surface area contributed by atoms with Crippen molar-refractivity contribution in [1.29, 1.82) is 0 Å². The maximum Gasteiger partial charge on any atom is 0.343 e. The zero-order chi connectivity index (χ0) is 19.1. The van der Waals surface area contributed by atoms with Gasteiger partial charge in [0.1, 0.15) is 11.5 Å². The highest BCUT2D eigenvalue weighted by atomic mass is 19.1. The van der Waals surface area contributed by atoms with Gasteiger partial charge in [0.05, 0.1) is 17.9 Å². The molecule has 27 heavy (non-hydrogen) atoms. The molecule has 1 aliphatic heterocycles. The smallest absolute Gasteiger partial charge is 0.322 e. The standard InChI is InChI=1S/C19H23FN6O/c1-4-25-19(27)24(3)16-11-21-18(22-15-9-8-12(2)10-14(15)20)23-17(16)26(25)13-6-5-7-13/h8-11,13H,4-7H2,1-3H3,(H,21,22,23). The van der Waals surface area contributed by atoms with Crippen molar-refractivity contribution in [2.45, 2.75) is 39.2 Å². The predicted octanol–water partition coefficient (Wildman–Crippen LogP) is 3.83. The molecule has 0 saturated heterocycles. The Morgan fingerprint density at radius 2 is 2.11 bits per heavy atom. The number of urea groups is 1. The van der Waals surface area contributed by atoms with E-state index in [1.54, 1.807) is 29.2 Å². The highest BCUT2D eigenvalue weighted by molar-refractivity contribution is 5.98. The van der Waals surface area contributed by atoms with Gasteiger partial charge in [0.25, 0.3) is 0 Å². The maximum atomic E-state index is 14.2. The second-order valence-electron chi connectivity index (χ2n) is 7.00. The van der Waals surface area contributed by atoms with Gasteiger partial charge < -0.3 is 5.32 Å². The third kappa shape index (κ3) is 2.94. The van der Waals surface area contributed by atoms with Crippen molar-refractivity contribution in [3.05, 3.63) is 35.8 Å². The van der Waals surface area contributed by atoms with Crippen LogP contribution in [-0.2, 0) is 0 Å². The molecule has 4 rings (SSSR count). The summed E-state index contributed by atoms with van der Waals surface area (Å²) in [7, 11) is 1.72. The second kappa shape index (κ2) is 6.68. The van der Waals surface area contributed by atoms with Gasteiger partial charge in [-0.05, 0) is 50.8 Å². The van der Waals surface area contributed by atoms with E-state index in [1.165, 1.54) is 6.07 Å². The number of benzene rings is 1. The predicted molar refractivity (Wildman–Crippen MR) is 103 cm³/mol. The number of hydrogen-bond acceptors (Lipinski definition) is 5. The van der Waals surface area contributed by atoms with Crippen LogP contribution in [0.15, 0.2) is 24.4 Å². The average Bonchev–Trinajstić information content (AvgIpc) is 2.60. The number of nitrogens with zero attached hydrogens (tertiary/aromatic N) is 5. The summed E-state index contributed by atoms with van der Waals surface area (Å²) in [6, 6.07) is 5.12. The molecule has 0 spiro atoms. The Kier molecular flexibility index (Phi) is 4.33. The van der Waals surface area contributed by atoms with E-state index in [0.717, 1.165) is 24.8 Å². The van der Waals surface area contributed by atoms with Crippen LogP contribution in [0.3, 0.4) is 0 Å². The lowest BCUT2D eigenvalue weighted by Crippen LogP contribution is -2.60. The van der Waals surface area contributed by atoms with Crippen LogP contribution in [0.2, 0.25) is 0 Å². The Morgan fingerprint density at radius 3 is 2.74 bits per heavy atom. The summed E-state index contributed by atoms with van der Waals surface area (Å²) in [6.07, 6.45) is 4.80. The molecule has 7 nitrogen and oxygen atoms in total. The first kappa shape index (κ1) is 17.5. The third-order valence-corrected chi connectivity index (χ3v) is 5.19. The van der Waals surface area contributed by atoms with Gasteiger partial charge in [-0.15, -0.1) is 0 Å². The summed E-state index contributed by atoms with van der Waals surface area (Å²) in [4.78, 5) is 23.2. The lowest BCUT2D eigenvalue weighted by Gasteiger charge is -2.49. The fraction of sp³-hybridized carbons (Fsp3) is 0.421. The summed E-state index contributed by atoms with van der Waals surface area (Å²) < 4.78 is 14.2. The van der Waals surface area contributed by atoms with Gasteiger partial charge in [0, 0.05) is 13.6 Å². The minimum Gasteiger partial charge on any atom is -0.322 e. The van der Waals surface area contributed by atoms with Gasteiger partial charge in [-0.3, -0.25) is 9.91 Å². The van der Waals surface area contributed by atoms with Crippen LogP contribution in [0.5, 0.6) is 0 Å². The number of halogens is 1. The first-order chi connectivity index (χ1) is 13.0. The Hall–Kier alpha value is -2.90. The Bertz CT molecular complexity index is 884. The zero-order valence-electron chi connectivity index (χ0n) is 15.7. The first-order valence-electron chi connectivity index (χ1n) is 9.24. The largest absolute Gasteiger partial charge is 0.343 e.